The molecule has 0 unspecified atom stereocenters. The molecule has 0 aliphatic rings. The Kier molecular flexibility index (Phi) is 5.20. The summed E-state index contributed by atoms with van der Waals surface area (Å²) in [5, 5.41) is 4.60. The van der Waals surface area contributed by atoms with E-state index in [4.69, 9.17) is 16.0 Å². The van der Waals surface area contributed by atoms with Gasteiger partial charge in [-0.2, -0.15) is 4.98 Å². The van der Waals surface area contributed by atoms with Gasteiger partial charge in [0.15, 0.2) is 11.0 Å². The van der Waals surface area contributed by atoms with Crippen LogP contribution in [-0.2, 0) is 5.75 Å². The minimum Gasteiger partial charge on any atom is -0.383 e. The Morgan fingerprint density at radius 1 is 0.821 bits per heavy atom. The highest BCUT2D eigenvalue weighted by Gasteiger charge is 2.23. The molecular weight excluding hydrogens is 372 g/mol. The third-order valence-corrected chi connectivity index (χ3v) is 4.92. The summed E-state index contributed by atoms with van der Waals surface area (Å²) in [7, 11) is 0. The lowest BCUT2D eigenvalue weighted by Crippen LogP contribution is -2.04. The summed E-state index contributed by atoms with van der Waals surface area (Å²) in [5.41, 5.74) is 13.6. The molecule has 0 aliphatic carbocycles. The Hall–Kier alpha value is -3.39. The molecule has 0 spiro atoms. The lowest BCUT2D eigenvalue weighted by atomic mass is 9.91. The number of rotatable bonds is 6. The van der Waals surface area contributed by atoms with E-state index >= 15 is 0 Å². The van der Waals surface area contributed by atoms with E-state index in [2.05, 4.69) is 44.4 Å². The smallest absolute Gasteiger partial charge is 0.238 e. The Labute approximate surface area is 166 Å². The fraction of sp³-hybridized carbons (Fsp3) is 0.100. The lowest BCUT2D eigenvalue weighted by Gasteiger charge is -2.13. The van der Waals surface area contributed by atoms with Gasteiger partial charge in [0.1, 0.15) is 11.6 Å². The highest BCUT2D eigenvalue weighted by molar-refractivity contribution is 7.98. The van der Waals surface area contributed by atoms with Crippen LogP contribution in [-0.4, -0.2) is 20.1 Å². The average molecular weight is 390 g/mol. The molecule has 4 aromatic rings. The first-order chi connectivity index (χ1) is 13.7. The van der Waals surface area contributed by atoms with Gasteiger partial charge in [0.05, 0.1) is 11.7 Å². The van der Waals surface area contributed by atoms with Crippen LogP contribution in [0.3, 0.4) is 0 Å². The zero-order valence-corrected chi connectivity index (χ0v) is 15.7. The number of benzene rings is 2. The van der Waals surface area contributed by atoms with E-state index in [-0.39, 0.29) is 5.92 Å². The fourth-order valence-corrected chi connectivity index (χ4v) is 3.58. The summed E-state index contributed by atoms with van der Waals surface area (Å²) in [4.78, 5) is 12.9. The summed E-state index contributed by atoms with van der Waals surface area (Å²) in [6, 6.07) is 21.7. The molecule has 4 rings (SSSR count). The molecule has 0 saturated heterocycles. The molecule has 28 heavy (non-hydrogen) atoms. The molecule has 0 saturated carbocycles. The van der Waals surface area contributed by atoms with Crippen LogP contribution in [0, 0.1) is 0 Å². The minimum atomic E-state index is -0.132. The summed E-state index contributed by atoms with van der Waals surface area (Å²) in [6.07, 6.45) is 0. The van der Waals surface area contributed by atoms with Crippen LogP contribution in [0.15, 0.2) is 76.4 Å². The molecule has 0 radical (unpaired) electrons. The summed E-state index contributed by atoms with van der Waals surface area (Å²) < 4.78 is 5.61. The first-order valence-corrected chi connectivity index (χ1v) is 9.63. The summed E-state index contributed by atoms with van der Waals surface area (Å²) in [6.45, 7) is 0. The van der Waals surface area contributed by atoms with Gasteiger partial charge in [-0.1, -0.05) is 77.6 Å². The Balaban J connectivity index is 1.58. The highest BCUT2D eigenvalue weighted by atomic mass is 32.2. The fourth-order valence-electron chi connectivity index (χ4n) is 2.87. The number of nitrogens with zero attached hydrogens (tertiary/aromatic N) is 4. The maximum Gasteiger partial charge on any atom is 0.238 e. The van der Waals surface area contributed by atoms with E-state index in [0.717, 1.165) is 11.1 Å². The number of aromatic nitrogens is 4. The molecule has 0 amide bonds. The second-order valence-corrected chi connectivity index (χ2v) is 7.03. The van der Waals surface area contributed by atoms with E-state index in [9.17, 15) is 0 Å². The van der Waals surface area contributed by atoms with Crippen molar-refractivity contribution in [3.8, 4) is 0 Å². The zero-order chi connectivity index (χ0) is 19.3. The van der Waals surface area contributed by atoms with Gasteiger partial charge in [0.25, 0.3) is 0 Å². The van der Waals surface area contributed by atoms with Gasteiger partial charge in [-0.15, -0.1) is 0 Å². The molecule has 8 heteroatoms. The number of hydrogen-bond acceptors (Lipinski definition) is 8. The van der Waals surface area contributed by atoms with Gasteiger partial charge in [0, 0.05) is 6.07 Å². The molecule has 7 nitrogen and oxygen atoms in total. The van der Waals surface area contributed by atoms with E-state index in [1.807, 2.05) is 36.4 Å². The predicted molar refractivity (Wildman–Crippen MR) is 109 cm³/mol. The van der Waals surface area contributed by atoms with Gasteiger partial charge in [-0.3, -0.25) is 0 Å². The molecule has 2 heterocycles. The highest BCUT2D eigenvalue weighted by Crippen LogP contribution is 2.31. The summed E-state index contributed by atoms with van der Waals surface area (Å²) >= 11 is 1.35. The molecule has 4 N–H and O–H groups in total. The van der Waals surface area contributed by atoms with Crippen molar-refractivity contribution in [3.63, 3.8) is 0 Å². The van der Waals surface area contributed by atoms with Gasteiger partial charge in [-0.25, -0.2) is 9.97 Å². The molecule has 2 aromatic carbocycles. The van der Waals surface area contributed by atoms with Crippen LogP contribution in [0.1, 0.15) is 28.8 Å². The van der Waals surface area contributed by atoms with Crippen LogP contribution in [0.2, 0.25) is 0 Å². The van der Waals surface area contributed by atoms with E-state index in [1.165, 1.54) is 17.8 Å². The minimum absolute atomic E-state index is 0.132. The lowest BCUT2D eigenvalue weighted by molar-refractivity contribution is 0.371. The van der Waals surface area contributed by atoms with E-state index < -0.39 is 0 Å². The van der Waals surface area contributed by atoms with Gasteiger partial charge in [-0.05, 0) is 11.1 Å². The standard InChI is InChI=1S/C20H18N6OS/c21-15-11-16(22)24-20(23-15)28-12-17-25-19(27-26-17)18(13-7-3-1-4-8-13)14-9-5-2-6-10-14/h1-11,18H,12H2,(H4,21,22,23,24). The number of anilines is 2. The van der Waals surface area contributed by atoms with E-state index in [0.29, 0.717) is 34.3 Å². The number of hydrogen-bond donors (Lipinski definition) is 2. The maximum absolute atomic E-state index is 5.71. The SMILES string of the molecule is Nc1cc(N)nc(SCc2noc(C(c3ccccc3)c3ccccc3)n2)n1. The first-order valence-electron chi connectivity index (χ1n) is 8.64. The Morgan fingerprint density at radius 2 is 1.39 bits per heavy atom. The molecule has 0 atom stereocenters. The molecule has 140 valence electrons. The van der Waals surface area contributed by atoms with Crippen LogP contribution in [0.25, 0.3) is 0 Å². The third-order valence-electron chi connectivity index (χ3n) is 4.07. The second kappa shape index (κ2) is 8.10. The van der Waals surface area contributed by atoms with Crippen molar-refractivity contribution in [2.75, 3.05) is 11.5 Å². The van der Waals surface area contributed by atoms with E-state index in [1.54, 1.807) is 0 Å². The monoisotopic (exact) mass is 390 g/mol. The predicted octanol–water partition coefficient (Wildman–Crippen LogP) is 3.50. The van der Waals surface area contributed by atoms with Crippen LogP contribution >= 0.6 is 11.8 Å². The number of nitrogens with two attached hydrogens (primary N) is 2. The zero-order valence-electron chi connectivity index (χ0n) is 14.9. The summed E-state index contributed by atoms with van der Waals surface area (Å²) in [5.74, 6) is 2.08. The Bertz CT molecular complexity index is 995. The normalized spacial score (nSPS) is 11.0. The van der Waals surface area contributed by atoms with Gasteiger partial charge >= 0.3 is 0 Å². The van der Waals surface area contributed by atoms with Crippen LogP contribution in [0.4, 0.5) is 11.6 Å². The molecule has 0 fully saturated rings. The van der Waals surface area contributed by atoms with Gasteiger partial charge < -0.3 is 16.0 Å². The van der Waals surface area contributed by atoms with Crippen molar-refractivity contribution < 1.29 is 4.52 Å². The van der Waals surface area contributed by atoms with Crippen molar-refractivity contribution in [2.24, 2.45) is 0 Å². The van der Waals surface area contributed by atoms with Crippen LogP contribution in [0.5, 0.6) is 0 Å². The number of thioether (sulfide) groups is 1. The Morgan fingerprint density at radius 3 is 1.96 bits per heavy atom. The number of nitrogen functional groups attached to an aromatic ring is 2. The van der Waals surface area contributed by atoms with Crippen molar-refractivity contribution in [1.82, 2.24) is 20.1 Å². The molecule has 0 aliphatic heterocycles. The quantitative estimate of drug-likeness (QED) is 0.379. The largest absolute Gasteiger partial charge is 0.383 e. The maximum atomic E-state index is 5.71. The molecule has 0 bridgehead atoms. The van der Waals surface area contributed by atoms with Crippen molar-refractivity contribution in [3.05, 3.63) is 89.6 Å². The van der Waals surface area contributed by atoms with Crippen LogP contribution < -0.4 is 11.5 Å². The topological polar surface area (TPSA) is 117 Å². The second-order valence-electron chi connectivity index (χ2n) is 6.09. The molecular formula is C20H18N6OS. The average Bonchev–Trinajstić information content (AvgIpc) is 3.16. The molecule has 2 aromatic heterocycles. The van der Waals surface area contributed by atoms with Crippen molar-refractivity contribution in [2.45, 2.75) is 16.8 Å². The third kappa shape index (κ3) is 4.12. The van der Waals surface area contributed by atoms with Crippen molar-refractivity contribution >= 4 is 23.4 Å². The first kappa shape index (κ1) is 18.0. The van der Waals surface area contributed by atoms with Gasteiger partial charge in [0.2, 0.25) is 5.89 Å². The van der Waals surface area contributed by atoms with Crippen molar-refractivity contribution in [1.29, 1.82) is 0 Å².